The van der Waals surface area contributed by atoms with Crippen LogP contribution in [0, 0.1) is 5.82 Å². The van der Waals surface area contributed by atoms with Gasteiger partial charge in [-0.15, -0.1) is 0 Å². The molecule has 2 aromatic carbocycles. The van der Waals surface area contributed by atoms with Crippen molar-refractivity contribution in [3.8, 4) is 0 Å². The first-order valence-corrected chi connectivity index (χ1v) is 13.2. The van der Waals surface area contributed by atoms with Crippen LogP contribution in [-0.4, -0.2) is 42.7 Å². The van der Waals surface area contributed by atoms with Crippen molar-refractivity contribution in [2.24, 2.45) is 0 Å². The lowest BCUT2D eigenvalue weighted by molar-refractivity contribution is -0.116. The fourth-order valence-electron chi connectivity index (χ4n) is 3.80. The van der Waals surface area contributed by atoms with Crippen LogP contribution in [0.25, 0.3) is 12.2 Å². The number of amides is 1. The van der Waals surface area contributed by atoms with Gasteiger partial charge in [-0.05, 0) is 46.4 Å². The molecule has 1 aliphatic heterocycles. The number of nitrogens with one attached hydrogen (secondary N) is 2. The van der Waals surface area contributed by atoms with E-state index < -0.39 is 16.9 Å². The van der Waals surface area contributed by atoms with E-state index in [1.807, 2.05) is 6.07 Å². The zero-order valence-corrected chi connectivity index (χ0v) is 22.0. The Morgan fingerprint density at radius 3 is 2.58 bits per heavy atom. The fourth-order valence-corrected chi connectivity index (χ4v) is 4.00. The third-order valence-electron chi connectivity index (χ3n) is 5.79. The first kappa shape index (κ1) is 27.6. The van der Waals surface area contributed by atoms with Crippen LogP contribution in [0.2, 0.25) is 0 Å². The molecule has 1 amide bonds. The predicted octanol–water partition coefficient (Wildman–Crippen LogP) is 4.57. The minimum absolute atomic E-state index is 0.00499. The molecular formula is C27H34FN3O4S. The van der Waals surface area contributed by atoms with Crippen molar-refractivity contribution < 1.29 is 22.4 Å². The second-order valence-corrected chi connectivity index (χ2v) is 10.5. The molecular weight excluding hydrogens is 481 g/mol. The lowest BCUT2D eigenvalue weighted by Gasteiger charge is -2.32. The van der Waals surface area contributed by atoms with Gasteiger partial charge < -0.3 is 15.0 Å². The van der Waals surface area contributed by atoms with E-state index >= 15 is 0 Å². The van der Waals surface area contributed by atoms with E-state index in [2.05, 4.69) is 55.2 Å². The molecule has 0 aromatic heterocycles. The van der Waals surface area contributed by atoms with Gasteiger partial charge in [-0.3, -0.25) is 4.79 Å². The summed E-state index contributed by atoms with van der Waals surface area (Å²) in [5.74, 6) is -0.901. The summed E-state index contributed by atoms with van der Waals surface area (Å²) in [6.07, 6.45) is 6.06. The van der Waals surface area contributed by atoms with Gasteiger partial charge in [-0.1, -0.05) is 45.6 Å². The molecule has 7 nitrogen and oxygen atoms in total. The third kappa shape index (κ3) is 7.49. The zero-order valence-electron chi connectivity index (χ0n) is 21.2. The van der Waals surface area contributed by atoms with Gasteiger partial charge in [0.15, 0.2) is 11.1 Å². The second kappa shape index (κ2) is 12.3. The van der Waals surface area contributed by atoms with Crippen molar-refractivity contribution in [2.45, 2.75) is 32.7 Å². The van der Waals surface area contributed by atoms with Gasteiger partial charge >= 0.3 is 0 Å². The Hall–Kier alpha value is -3.01. The quantitative estimate of drug-likeness (QED) is 0.376. The Balaban J connectivity index is 1.72. The molecule has 1 aliphatic rings. The summed E-state index contributed by atoms with van der Waals surface area (Å²) in [6.45, 7) is 13.3. The molecule has 2 N–H and O–H groups in total. The van der Waals surface area contributed by atoms with Crippen molar-refractivity contribution in [3.05, 3.63) is 71.1 Å². The lowest BCUT2D eigenvalue weighted by atomic mass is 9.86. The highest BCUT2D eigenvalue weighted by atomic mass is 32.2. The first-order chi connectivity index (χ1) is 17.1. The van der Waals surface area contributed by atoms with Crippen molar-refractivity contribution in [3.63, 3.8) is 0 Å². The molecule has 194 valence electrons. The predicted molar refractivity (Wildman–Crippen MR) is 144 cm³/mol. The van der Waals surface area contributed by atoms with Crippen LogP contribution in [-0.2, 0) is 36.9 Å². The molecule has 0 radical (unpaired) electrons. The van der Waals surface area contributed by atoms with E-state index in [9.17, 15) is 13.4 Å². The highest BCUT2D eigenvalue weighted by molar-refractivity contribution is 7.79. The monoisotopic (exact) mass is 515 g/mol. The molecule has 0 spiro atoms. The van der Waals surface area contributed by atoms with Gasteiger partial charge in [0.2, 0.25) is 5.91 Å². The number of carbonyl (C=O) groups is 1. The topological polar surface area (TPSA) is 79.9 Å². The van der Waals surface area contributed by atoms with E-state index in [1.165, 1.54) is 30.0 Å². The summed E-state index contributed by atoms with van der Waals surface area (Å²) in [7, 11) is 0. The van der Waals surface area contributed by atoms with E-state index in [0.29, 0.717) is 24.3 Å². The number of morpholine rings is 1. The largest absolute Gasteiger partial charge is 0.378 e. The average molecular weight is 516 g/mol. The second-order valence-electron chi connectivity index (χ2n) is 9.51. The zero-order chi connectivity index (χ0) is 26.3. The smallest absolute Gasteiger partial charge is 0.244 e. The molecule has 1 heterocycles. The maximum Gasteiger partial charge on any atom is 0.244 e. The van der Waals surface area contributed by atoms with Crippen LogP contribution in [0.4, 0.5) is 15.8 Å². The van der Waals surface area contributed by atoms with Gasteiger partial charge in [0.05, 0.1) is 13.2 Å². The Kier molecular flexibility index (Phi) is 9.42. The number of rotatable bonds is 9. The van der Waals surface area contributed by atoms with Crippen LogP contribution in [0.1, 0.15) is 43.0 Å². The number of anilines is 2. The van der Waals surface area contributed by atoms with Gasteiger partial charge in [-0.25, -0.2) is 14.1 Å². The Morgan fingerprint density at radius 1 is 1.22 bits per heavy atom. The average Bonchev–Trinajstić information content (AvgIpc) is 2.84. The van der Waals surface area contributed by atoms with Crippen LogP contribution < -0.4 is 15.7 Å². The maximum atomic E-state index is 14.6. The standard InChI is InChI=1S/C27H34FN3O4S/c1-6-20-15-19(16-23(28)26(20)30-35-36(5)33)18-29-25(32)10-8-21-7-9-22(27(2,3)4)17-24(21)31-11-13-34-14-12-31/h6-10,15-17,30H,1,11-14,18H2,2-5H3,(H,29,32)/b10-8+. The summed E-state index contributed by atoms with van der Waals surface area (Å²) in [6, 6.07) is 9.28. The Labute approximate surface area is 215 Å². The number of halogens is 1. The molecule has 3 rings (SSSR count). The van der Waals surface area contributed by atoms with Gasteiger partial charge in [0.1, 0.15) is 11.5 Å². The molecule has 0 bridgehead atoms. The molecule has 1 fully saturated rings. The number of nitrogens with zero attached hydrogens (tertiary/aromatic N) is 1. The van der Waals surface area contributed by atoms with E-state index in [-0.39, 0.29) is 23.6 Å². The number of carbonyl (C=O) groups excluding carboxylic acids is 1. The van der Waals surface area contributed by atoms with Gasteiger partial charge in [0.25, 0.3) is 0 Å². The van der Waals surface area contributed by atoms with Crippen molar-refractivity contribution in [2.75, 3.05) is 42.9 Å². The van der Waals surface area contributed by atoms with Crippen molar-refractivity contribution >= 4 is 40.5 Å². The van der Waals surface area contributed by atoms with Crippen LogP contribution in [0.3, 0.4) is 0 Å². The number of benzene rings is 2. The number of hydrogen-bond donors (Lipinski definition) is 2. The molecule has 36 heavy (non-hydrogen) atoms. The van der Waals surface area contributed by atoms with Crippen molar-refractivity contribution in [1.29, 1.82) is 0 Å². The Bertz CT molecular complexity index is 1150. The van der Waals surface area contributed by atoms with Crippen molar-refractivity contribution in [1.82, 2.24) is 5.32 Å². The number of hydrogen-bond acceptors (Lipinski definition) is 6. The Morgan fingerprint density at radius 2 is 1.94 bits per heavy atom. The lowest BCUT2D eigenvalue weighted by Crippen LogP contribution is -2.36. The van der Waals surface area contributed by atoms with Gasteiger partial charge in [0, 0.05) is 43.2 Å². The maximum absolute atomic E-state index is 14.6. The van der Waals surface area contributed by atoms with E-state index in [0.717, 1.165) is 24.3 Å². The fraction of sp³-hybridized carbons (Fsp3) is 0.370. The SMILES string of the molecule is C=Cc1cc(CNC(=O)/C=C/c2ccc(C(C)(C)C)cc2N2CCOCC2)cc(F)c1NOS(C)=O. The first-order valence-electron chi connectivity index (χ1n) is 11.7. The molecule has 0 aliphatic carbocycles. The highest BCUT2D eigenvalue weighted by Crippen LogP contribution is 2.31. The van der Waals surface area contributed by atoms with Crippen LogP contribution in [0.5, 0.6) is 0 Å². The van der Waals surface area contributed by atoms with Gasteiger partial charge in [-0.2, -0.15) is 4.28 Å². The minimum atomic E-state index is -1.61. The summed E-state index contributed by atoms with van der Waals surface area (Å²) in [4.78, 5) is 14.9. The summed E-state index contributed by atoms with van der Waals surface area (Å²) >= 11 is -1.61. The highest BCUT2D eigenvalue weighted by Gasteiger charge is 2.19. The molecule has 1 saturated heterocycles. The summed E-state index contributed by atoms with van der Waals surface area (Å²) < 4.78 is 36.0. The van der Waals surface area contributed by atoms with Crippen LogP contribution >= 0.6 is 0 Å². The van der Waals surface area contributed by atoms with E-state index in [1.54, 1.807) is 12.1 Å². The summed E-state index contributed by atoms with van der Waals surface area (Å²) in [5, 5.41) is 2.79. The minimum Gasteiger partial charge on any atom is -0.378 e. The third-order valence-corrected chi connectivity index (χ3v) is 6.11. The molecule has 1 atom stereocenters. The molecule has 2 aromatic rings. The number of ether oxygens (including phenoxy) is 1. The van der Waals surface area contributed by atoms with Crippen LogP contribution in [0.15, 0.2) is 43.0 Å². The molecule has 1 unspecified atom stereocenters. The summed E-state index contributed by atoms with van der Waals surface area (Å²) in [5.41, 5.74) is 6.61. The molecule has 9 heteroatoms. The molecule has 0 saturated carbocycles. The normalized spacial score (nSPS) is 15.1. The van der Waals surface area contributed by atoms with E-state index in [4.69, 9.17) is 9.02 Å².